The number of halogens is 2. The molecule has 15 heavy (non-hydrogen) atoms. The van der Waals surface area contributed by atoms with Crippen molar-refractivity contribution in [2.24, 2.45) is 0 Å². The molecule has 0 aliphatic rings. The van der Waals surface area contributed by atoms with E-state index in [1.54, 1.807) is 0 Å². The molecule has 1 rings (SSSR count). The fraction of sp³-hybridized carbons (Fsp3) is 0.600. The fourth-order valence-electron chi connectivity index (χ4n) is 1.13. The van der Waals surface area contributed by atoms with Crippen LogP contribution in [0.1, 0.15) is 26.0 Å². The first-order valence-electron chi connectivity index (χ1n) is 5.06. The lowest BCUT2D eigenvalue weighted by Gasteiger charge is -2.10. The van der Waals surface area contributed by atoms with Crippen LogP contribution in [0.25, 0.3) is 0 Å². The van der Waals surface area contributed by atoms with E-state index >= 15 is 0 Å². The number of nitrogens with one attached hydrogen (secondary N) is 1. The van der Waals surface area contributed by atoms with E-state index in [-0.39, 0.29) is 17.0 Å². The Hall–Kier alpha value is -0.900. The Balaban J connectivity index is 2.68. The average molecular weight is 232 g/mol. The summed E-state index contributed by atoms with van der Waals surface area (Å²) in [6.45, 7) is 4.34. The van der Waals surface area contributed by atoms with Gasteiger partial charge in [0.2, 0.25) is 0 Å². The molecule has 0 aromatic carbocycles. The first kappa shape index (κ1) is 12.2. The zero-order chi connectivity index (χ0) is 11.3. The Labute approximate surface area is 94.1 Å². The molecule has 0 aliphatic heterocycles. The van der Waals surface area contributed by atoms with Crippen molar-refractivity contribution in [2.45, 2.75) is 32.1 Å². The SMILES string of the molecule is CCc1ncnc(NCC(Cl)CC)c1F. The number of aryl methyl sites for hydroxylation is 1. The molecule has 1 N–H and O–H groups in total. The minimum absolute atomic E-state index is 0.00978. The maximum atomic E-state index is 13.6. The Kier molecular flexibility index (Phi) is 4.75. The highest BCUT2D eigenvalue weighted by Gasteiger charge is 2.10. The predicted octanol–water partition coefficient (Wildman–Crippen LogP) is 2.61. The van der Waals surface area contributed by atoms with Crippen molar-refractivity contribution in [3.8, 4) is 0 Å². The molecule has 0 saturated carbocycles. The molecule has 0 spiro atoms. The molecule has 0 radical (unpaired) electrons. The summed E-state index contributed by atoms with van der Waals surface area (Å²) in [5.41, 5.74) is 0.426. The monoisotopic (exact) mass is 231 g/mol. The van der Waals surface area contributed by atoms with E-state index in [9.17, 15) is 4.39 Å². The van der Waals surface area contributed by atoms with Crippen molar-refractivity contribution in [2.75, 3.05) is 11.9 Å². The molecular weight excluding hydrogens is 217 g/mol. The Morgan fingerprint density at radius 1 is 1.47 bits per heavy atom. The summed E-state index contributed by atoms with van der Waals surface area (Å²) in [6.07, 6.45) is 2.75. The fourth-order valence-corrected chi connectivity index (χ4v) is 1.20. The standard InChI is InChI=1S/C10H15ClFN3/c1-3-7(11)5-13-10-9(12)8(4-2)14-6-15-10/h6-7H,3-5H2,1-2H3,(H,13,14,15). The number of anilines is 1. The highest BCUT2D eigenvalue weighted by molar-refractivity contribution is 6.20. The highest BCUT2D eigenvalue weighted by atomic mass is 35.5. The summed E-state index contributed by atoms with van der Waals surface area (Å²) in [7, 11) is 0. The van der Waals surface area contributed by atoms with Gasteiger partial charge in [0.05, 0.1) is 11.1 Å². The number of nitrogens with zero attached hydrogens (tertiary/aromatic N) is 2. The van der Waals surface area contributed by atoms with Crippen LogP contribution in [0.15, 0.2) is 6.33 Å². The zero-order valence-electron chi connectivity index (χ0n) is 8.93. The molecule has 3 nitrogen and oxygen atoms in total. The third kappa shape index (κ3) is 3.30. The lowest BCUT2D eigenvalue weighted by atomic mass is 10.3. The summed E-state index contributed by atoms with van der Waals surface area (Å²) in [5, 5.41) is 2.87. The number of alkyl halides is 1. The van der Waals surface area contributed by atoms with Gasteiger partial charge in [-0.15, -0.1) is 11.6 Å². The molecule has 0 saturated heterocycles. The summed E-state index contributed by atoms with van der Waals surface area (Å²) in [6, 6.07) is 0. The summed E-state index contributed by atoms with van der Waals surface area (Å²) >= 11 is 5.91. The van der Waals surface area contributed by atoms with Gasteiger partial charge in [0.15, 0.2) is 11.6 Å². The normalized spacial score (nSPS) is 12.5. The first-order chi connectivity index (χ1) is 7.19. The van der Waals surface area contributed by atoms with Gasteiger partial charge >= 0.3 is 0 Å². The minimum atomic E-state index is -0.375. The second kappa shape index (κ2) is 5.85. The van der Waals surface area contributed by atoms with Crippen LogP contribution in [-0.4, -0.2) is 21.9 Å². The van der Waals surface area contributed by atoms with Gasteiger partial charge in [0, 0.05) is 6.54 Å². The lowest BCUT2D eigenvalue weighted by molar-refractivity contribution is 0.596. The van der Waals surface area contributed by atoms with Crippen LogP contribution in [0.3, 0.4) is 0 Å². The van der Waals surface area contributed by atoms with Gasteiger partial charge in [-0.25, -0.2) is 14.4 Å². The van der Waals surface area contributed by atoms with E-state index in [2.05, 4.69) is 15.3 Å². The van der Waals surface area contributed by atoms with Crippen LogP contribution in [0.2, 0.25) is 0 Å². The van der Waals surface area contributed by atoms with E-state index in [1.807, 2.05) is 13.8 Å². The molecule has 0 bridgehead atoms. The first-order valence-corrected chi connectivity index (χ1v) is 5.50. The summed E-state index contributed by atoms with van der Waals surface area (Å²) in [5.74, 6) is -0.138. The Bertz CT molecular complexity index is 320. The lowest BCUT2D eigenvalue weighted by Crippen LogP contribution is -2.15. The number of aromatic nitrogens is 2. The molecule has 5 heteroatoms. The average Bonchev–Trinajstić information content (AvgIpc) is 2.27. The quantitative estimate of drug-likeness (QED) is 0.792. The molecule has 0 aliphatic carbocycles. The summed E-state index contributed by atoms with van der Waals surface area (Å²) in [4.78, 5) is 7.68. The van der Waals surface area contributed by atoms with Crippen molar-refractivity contribution in [1.29, 1.82) is 0 Å². The largest absolute Gasteiger partial charge is 0.366 e. The third-order valence-electron chi connectivity index (χ3n) is 2.13. The van der Waals surface area contributed by atoms with Crippen LogP contribution in [-0.2, 0) is 6.42 Å². The van der Waals surface area contributed by atoms with Crippen molar-refractivity contribution in [1.82, 2.24) is 9.97 Å². The highest BCUT2D eigenvalue weighted by Crippen LogP contribution is 2.13. The van der Waals surface area contributed by atoms with Crippen molar-refractivity contribution < 1.29 is 4.39 Å². The Morgan fingerprint density at radius 3 is 2.80 bits per heavy atom. The van der Waals surface area contributed by atoms with Gasteiger partial charge < -0.3 is 5.32 Å². The molecular formula is C10H15ClFN3. The molecule has 1 unspecified atom stereocenters. The van der Waals surface area contributed by atoms with Crippen LogP contribution in [0.5, 0.6) is 0 Å². The van der Waals surface area contributed by atoms with Gasteiger partial charge in [-0.05, 0) is 12.8 Å². The van der Waals surface area contributed by atoms with Gasteiger partial charge in [0.25, 0.3) is 0 Å². The van der Waals surface area contributed by atoms with Crippen molar-refractivity contribution in [3.63, 3.8) is 0 Å². The second-order valence-corrected chi connectivity index (χ2v) is 3.84. The molecule has 0 amide bonds. The van der Waals surface area contributed by atoms with Crippen LogP contribution < -0.4 is 5.32 Å². The number of hydrogen-bond donors (Lipinski definition) is 1. The maximum Gasteiger partial charge on any atom is 0.186 e. The van der Waals surface area contributed by atoms with Crippen LogP contribution in [0.4, 0.5) is 10.2 Å². The van der Waals surface area contributed by atoms with Crippen LogP contribution >= 0.6 is 11.6 Å². The zero-order valence-corrected chi connectivity index (χ0v) is 9.68. The van der Waals surface area contributed by atoms with Crippen LogP contribution in [0, 0.1) is 5.82 Å². The maximum absolute atomic E-state index is 13.6. The van der Waals surface area contributed by atoms with E-state index in [1.165, 1.54) is 6.33 Å². The molecule has 1 aromatic rings. The molecule has 1 aromatic heterocycles. The Morgan fingerprint density at radius 2 is 2.20 bits per heavy atom. The molecule has 84 valence electrons. The molecule has 1 heterocycles. The smallest absolute Gasteiger partial charge is 0.186 e. The molecule has 0 fully saturated rings. The van der Waals surface area contributed by atoms with E-state index in [4.69, 9.17) is 11.6 Å². The van der Waals surface area contributed by atoms with Gasteiger partial charge in [-0.1, -0.05) is 13.8 Å². The minimum Gasteiger partial charge on any atom is -0.366 e. The predicted molar refractivity (Wildman–Crippen MR) is 59.8 cm³/mol. The second-order valence-electron chi connectivity index (χ2n) is 3.22. The van der Waals surface area contributed by atoms with Gasteiger partial charge in [-0.2, -0.15) is 0 Å². The number of rotatable bonds is 5. The van der Waals surface area contributed by atoms with E-state index in [0.29, 0.717) is 18.7 Å². The topological polar surface area (TPSA) is 37.8 Å². The molecule has 1 atom stereocenters. The van der Waals surface area contributed by atoms with Crippen molar-refractivity contribution >= 4 is 17.4 Å². The number of hydrogen-bond acceptors (Lipinski definition) is 3. The third-order valence-corrected chi connectivity index (χ3v) is 2.59. The summed E-state index contributed by atoms with van der Waals surface area (Å²) < 4.78 is 13.6. The van der Waals surface area contributed by atoms with Crippen molar-refractivity contribution in [3.05, 3.63) is 17.8 Å². The van der Waals surface area contributed by atoms with E-state index in [0.717, 1.165) is 6.42 Å². The van der Waals surface area contributed by atoms with Gasteiger partial charge in [-0.3, -0.25) is 0 Å². The van der Waals surface area contributed by atoms with Gasteiger partial charge in [0.1, 0.15) is 6.33 Å². The van der Waals surface area contributed by atoms with E-state index < -0.39 is 0 Å².